The molecule has 0 spiro atoms. The van der Waals surface area contributed by atoms with Gasteiger partial charge in [0.1, 0.15) is 0 Å². The van der Waals surface area contributed by atoms with Gasteiger partial charge in [0.05, 0.1) is 6.21 Å². The summed E-state index contributed by atoms with van der Waals surface area (Å²) in [7, 11) is 0. The number of anilines is 1. The van der Waals surface area contributed by atoms with Crippen molar-refractivity contribution < 1.29 is 0 Å². The monoisotopic (exact) mass is 384 g/mol. The number of benzene rings is 1. The first-order chi connectivity index (χ1) is 13.1. The van der Waals surface area contributed by atoms with Gasteiger partial charge in [0.2, 0.25) is 0 Å². The molecule has 4 aliphatic rings. The Hall–Kier alpha value is -1.62. The number of rotatable bonds is 6. The zero-order valence-corrected chi connectivity index (χ0v) is 17.4. The van der Waals surface area contributed by atoms with E-state index in [2.05, 4.69) is 58.9 Å². The Balaban J connectivity index is 1.30. The van der Waals surface area contributed by atoms with Crippen molar-refractivity contribution in [3.8, 4) is 0 Å². The Bertz CT molecular complexity index is 657. The predicted molar refractivity (Wildman–Crippen MR) is 117 cm³/mol. The van der Waals surface area contributed by atoms with Crippen molar-refractivity contribution in [2.45, 2.75) is 57.9 Å². The molecule has 4 bridgehead atoms. The normalized spacial score (nSPS) is 31.3. The molecule has 5 heteroatoms. The van der Waals surface area contributed by atoms with Crippen LogP contribution >= 0.6 is 12.2 Å². The molecule has 4 saturated carbocycles. The van der Waals surface area contributed by atoms with Crippen molar-refractivity contribution >= 4 is 29.2 Å². The van der Waals surface area contributed by atoms with Gasteiger partial charge in [-0.2, -0.15) is 5.10 Å². The molecule has 0 amide bonds. The van der Waals surface area contributed by atoms with Crippen LogP contribution in [0.3, 0.4) is 0 Å². The summed E-state index contributed by atoms with van der Waals surface area (Å²) >= 11 is 5.55. The van der Waals surface area contributed by atoms with Crippen molar-refractivity contribution in [3.63, 3.8) is 0 Å². The fourth-order valence-corrected chi connectivity index (χ4v) is 6.33. The van der Waals surface area contributed by atoms with Gasteiger partial charge in [-0.15, -0.1) is 0 Å². The van der Waals surface area contributed by atoms with Gasteiger partial charge in [0.25, 0.3) is 0 Å². The molecule has 0 atom stereocenters. The van der Waals surface area contributed by atoms with Crippen LogP contribution in [0.1, 0.15) is 57.9 Å². The minimum absolute atomic E-state index is 0.236. The molecule has 0 saturated heterocycles. The van der Waals surface area contributed by atoms with Crippen molar-refractivity contribution in [2.75, 3.05) is 18.0 Å². The summed E-state index contributed by atoms with van der Waals surface area (Å²) in [4.78, 5) is 2.34. The number of nitrogens with zero attached hydrogens (tertiary/aromatic N) is 2. The Morgan fingerprint density at radius 2 is 1.63 bits per heavy atom. The summed E-state index contributed by atoms with van der Waals surface area (Å²) in [6.45, 7) is 6.41. The molecule has 5 rings (SSSR count). The van der Waals surface area contributed by atoms with E-state index in [1.807, 2.05) is 6.21 Å². The maximum absolute atomic E-state index is 5.55. The molecule has 0 heterocycles. The summed E-state index contributed by atoms with van der Waals surface area (Å²) in [5.41, 5.74) is 5.61. The predicted octanol–water partition coefficient (Wildman–Crippen LogP) is 4.30. The first kappa shape index (κ1) is 18.7. The molecule has 1 aromatic carbocycles. The van der Waals surface area contributed by atoms with E-state index in [1.165, 1.54) is 44.2 Å². The van der Waals surface area contributed by atoms with Gasteiger partial charge in [0, 0.05) is 24.3 Å². The van der Waals surface area contributed by atoms with Crippen molar-refractivity contribution in [2.24, 2.45) is 22.9 Å². The van der Waals surface area contributed by atoms with E-state index in [9.17, 15) is 0 Å². The second-order valence-corrected chi connectivity index (χ2v) is 9.19. The molecule has 0 aliphatic heterocycles. The van der Waals surface area contributed by atoms with Crippen LogP contribution < -0.4 is 15.6 Å². The lowest BCUT2D eigenvalue weighted by molar-refractivity contribution is -0.0101. The highest BCUT2D eigenvalue weighted by atomic mass is 32.1. The quantitative estimate of drug-likeness (QED) is 0.436. The maximum Gasteiger partial charge on any atom is 0.187 e. The molecular formula is C22H32N4S. The van der Waals surface area contributed by atoms with E-state index in [1.54, 1.807) is 0 Å². The number of hydrazone groups is 1. The molecule has 1 aromatic rings. The third-order valence-electron chi connectivity index (χ3n) is 6.82. The van der Waals surface area contributed by atoms with Crippen LogP contribution in [0.5, 0.6) is 0 Å². The van der Waals surface area contributed by atoms with Crippen molar-refractivity contribution in [1.29, 1.82) is 0 Å². The zero-order valence-electron chi connectivity index (χ0n) is 16.6. The van der Waals surface area contributed by atoms with Gasteiger partial charge in [-0.25, -0.2) is 0 Å². The van der Waals surface area contributed by atoms with Crippen LogP contribution in [0, 0.1) is 17.8 Å². The summed E-state index contributed by atoms with van der Waals surface area (Å²) in [5.74, 6) is 2.75. The highest BCUT2D eigenvalue weighted by molar-refractivity contribution is 7.80. The van der Waals surface area contributed by atoms with Crippen LogP contribution in [0.15, 0.2) is 29.4 Å². The van der Waals surface area contributed by atoms with Crippen LogP contribution in [0.25, 0.3) is 0 Å². The van der Waals surface area contributed by atoms with Crippen LogP contribution in [0.2, 0.25) is 0 Å². The van der Waals surface area contributed by atoms with Crippen LogP contribution in [-0.4, -0.2) is 30.0 Å². The van der Waals surface area contributed by atoms with Gasteiger partial charge in [-0.05, 0) is 100 Å². The van der Waals surface area contributed by atoms with E-state index in [0.717, 1.165) is 36.4 Å². The number of nitrogens with one attached hydrogen (secondary N) is 2. The Kier molecular flexibility index (Phi) is 5.40. The lowest BCUT2D eigenvalue weighted by Gasteiger charge is -2.57. The molecule has 4 nitrogen and oxygen atoms in total. The first-order valence-electron chi connectivity index (χ1n) is 10.6. The lowest BCUT2D eigenvalue weighted by atomic mass is 9.53. The fraction of sp³-hybridized carbons (Fsp3) is 0.636. The van der Waals surface area contributed by atoms with E-state index >= 15 is 0 Å². The number of hydrogen-bond donors (Lipinski definition) is 2. The first-order valence-corrected chi connectivity index (χ1v) is 11.0. The van der Waals surface area contributed by atoms with Gasteiger partial charge < -0.3 is 10.2 Å². The van der Waals surface area contributed by atoms with Crippen LogP contribution in [-0.2, 0) is 0 Å². The van der Waals surface area contributed by atoms with Crippen LogP contribution in [0.4, 0.5) is 5.69 Å². The Morgan fingerprint density at radius 3 is 2.15 bits per heavy atom. The molecule has 0 radical (unpaired) electrons. The SMILES string of the molecule is CCN(CC)c1ccc(/C=N/NC(=S)NC23CC4CC(CC(C4)C2)C3)cc1. The molecule has 0 aromatic heterocycles. The standard InChI is InChI=1S/C22H32N4S/c1-3-26(4-2)20-7-5-16(6-8-20)15-23-25-21(27)24-22-12-17-9-18(13-22)11-19(10-17)14-22/h5-8,15,17-19H,3-4,9-14H2,1-2H3,(H2,24,25,27)/b23-15+. The number of thiocarbonyl (C=S) groups is 1. The molecule has 146 valence electrons. The third-order valence-corrected chi connectivity index (χ3v) is 7.01. The molecule has 27 heavy (non-hydrogen) atoms. The number of hydrogen-bond acceptors (Lipinski definition) is 3. The summed E-state index contributed by atoms with van der Waals surface area (Å²) in [6.07, 6.45) is 10.1. The van der Waals surface area contributed by atoms with E-state index in [4.69, 9.17) is 12.2 Å². The Labute approximate surface area is 168 Å². The minimum atomic E-state index is 0.236. The maximum atomic E-state index is 5.55. The van der Waals surface area contributed by atoms with Crippen molar-refractivity contribution in [1.82, 2.24) is 10.7 Å². The highest BCUT2D eigenvalue weighted by Gasteiger charge is 2.51. The van der Waals surface area contributed by atoms with Gasteiger partial charge in [-0.1, -0.05) is 12.1 Å². The van der Waals surface area contributed by atoms with Gasteiger partial charge >= 0.3 is 0 Å². The highest BCUT2D eigenvalue weighted by Crippen LogP contribution is 2.55. The van der Waals surface area contributed by atoms with E-state index in [-0.39, 0.29) is 5.54 Å². The minimum Gasteiger partial charge on any atom is -0.372 e. The van der Waals surface area contributed by atoms with E-state index in [0.29, 0.717) is 5.11 Å². The smallest absolute Gasteiger partial charge is 0.187 e. The molecule has 0 unspecified atom stereocenters. The fourth-order valence-electron chi connectivity index (χ4n) is 6.06. The average Bonchev–Trinajstić information content (AvgIpc) is 2.62. The lowest BCUT2D eigenvalue weighted by Crippen LogP contribution is -2.61. The summed E-state index contributed by atoms with van der Waals surface area (Å²) in [5, 5.41) is 8.69. The topological polar surface area (TPSA) is 39.7 Å². The van der Waals surface area contributed by atoms with Gasteiger partial charge in [-0.3, -0.25) is 5.43 Å². The molecular weight excluding hydrogens is 352 g/mol. The average molecular weight is 385 g/mol. The molecule has 4 aliphatic carbocycles. The summed E-state index contributed by atoms with van der Waals surface area (Å²) in [6, 6.07) is 8.52. The second-order valence-electron chi connectivity index (χ2n) is 8.79. The third kappa shape index (κ3) is 4.13. The zero-order chi connectivity index (χ0) is 18.9. The van der Waals surface area contributed by atoms with E-state index < -0.39 is 0 Å². The van der Waals surface area contributed by atoms with Crippen molar-refractivity contribution in [3.05, 3.63) is 29.8 Å². The summed E-state index contributed by atoms with van der Waals surface area (Å²) < 4.78 is 0. The largest absolute Gasteiger partial charge is 0.372 e. The second kappa shape index (κ2) is 7.78. The molecule has 2 N–H and O–H groups in total. The molecule has 4 fully saturated rings. The Morgan fingerprint density at radius 1 is 1.07 bits per heavy atom. The van der Waals surface area contributed by atoms with Gasteiger partial charge in [0.15, 0.2) is 5.11 Å².